The van der Waals surface area contributed by atoms with E-state index < -0.39 is 0 Å². The summed E-state index contributed by atoms with van der Waals surface area (Å²) in [6.07, 6.45) is 1.94. The molecule has 3 aromatic rings. The summed E-state index contributed by atoms with van der Waals surface area (Å²) in [4.78, 5) is 26.3. The highest BCUT2D eigenvalue weighted by atomic mass is 32.1. The number of pyridine rings is 1. The van der Waals surface area contributed by atoms with Crippen LogP contribution in [0.2, 0.25) is 0 Å². The summed E-state index contributed by atoms with van der Waals surface area (Å²) in [7, 11) is 2.09. The number of carbonyl (C=O) groups excluding carboxylic acids is 1. The van der Waals surface area contributed by atoms with E-state index in [9.17, 15) is 4.79 Å². The van der Waals surface area contributed by atoms with Gasteiger partial charge in [0.1, 0.15) is 19.1 Å². The molecule has 2 aromatic heterocycles. The van der Waals surface area contributed by atoms with Crippen LogP contribution < -0.4 is 14.8 Å². The molecule has 7 heteroatoms. The molecule has 3 heterocycles. The smallest absolute Gasteiger partial charge is 0.278 e. The third kappa shape index (κ3) is 4.00. The van der Waals surface area contributed by atoms with Gasteiger partial charge in [-0.3, -0.25) is 9.69 Å². The standard InChI is InChI=1S/C21H25N5OS/c1-16(21-23-17-7-3-4-8-18(17)28-21)24(2)15-20(27)26-13-11-25(12-14-26)19-9-5-6-10-22-19/h3-10,16H,11-15H2,1-2H3/p+2/t16-/m0/s1. The third-order valence-electron chi connectivity index (χ3n) is 5.52. The van der Waals surface area contributed by atoms with Gasteiger partial charge in [0.2, 0.25) is 0 Å². The lowest BCUT2D eigenvalue weighted by Crippen LogP contribution is -3.10. The fourth-order valence-corrected chi connectivity index (χ4v) is 4.68. The van der Waals surface area contributed by atoms with Crippen molar-refractivity contribution in [2.75, 3.05) is 44.7 Å². The Morgan fingerprint density at radius 2 is 1.93 bits per heavy atom. The topological polar surface area (TPSA) is 55.0 Å². The van der Waals surface area contributed by atoms with E-state index >= 15 is 0 Å². The van der Waals surface area contributed by atoms with Crippen LogP contribution >= 0.6 is 11.3 Å². The van der Waals surface area contributed by atoms with Gasteiger partial charge in [-0.2, -0.15) is 0 Å². The minimum absolute atomic E-state index is 0.196. The minimum Gasteiger partial charge on any atom is -0.330 e. The lowest BCUT2D eigenvalue weighted by Gasteiger charge is -2.31. The summed E-state index contributed by atoms with van der Waals surface area (Å²) in [5, 5.41) is 1.09. The second kappa shape index (κ2) is 8.24. The zero-order valence-corrected chi connectivity index (χ0v) is 17.2. The molecule has 1 aliphatic rings. The maximum atomic E-state index is 12.8. The molecule has 0 radical (unpaired) electrons. The van der Waals surface area contributed by atoms with Crippen LogP contribution in [0.25, 0.3) is 10.2 Å². The van der Waals surface area contributed by atoms with Crippen molar-refractivity contribution in [3.8, 4) is 0 Å². The van der Waals surface area contributed by atoms with Crippen molar-refractivity contribution in [3.05, 3.63) is 53.7 Å². The average Bonchev–Trinajstić information content (AvgIpc) is 3.18. The van der Waals surface area contributed by atoms with E-state index in [4.69, 9.17) is 4.98 Å². The number of H-pyrrole nitrogens is 1. The zero-order chi connectivity index (χ0) is 19.5. The Bertz CT molecular complexity index is 903. The molecule has 1 saturated heterocycles. The van der Waals surface area contributed by atoms with Gasteiger partial charge >= 0.3 is 0 Å². The number of nitrogens with one attached hydrogen (secondary N) is 2. The molecule has 2 N–H and O–H groups in total. The average molecular weight is 398 g/mol. The number of amides is 1. The first-order valence-electron chi connectivity index (χ1n) is 9.79. The number of thiazole rings is 1. The van der Waals surface area contributed by atoms with Crippen molar-refractivity contribution in [2.24, 2.45) is 0 Å². The van der Waals surface area contributed by atoms with E-state index in [0.717, 1.165) is 42.5 Å². The molecule has 0 bridgehead atoms. The number of aromatic amines is 1. The third-order valence-corrected chi connectivity index (χ3v) is 6.73. The second-order valence-corrected chi connectivity index (χ2v) is 8.44. The Morgan fingerprint density at radius 1 is 1.18 bits per heavy atom. The van der Waals surface area contributed by atoms with Crippen molar-refractivity contribution in [2.45, 2.75) is 13.0 Å². The van der Waals surface area contributed by atoms with Crippen molar-refractivity contribution in [3.63, 3.8) is 0 Å². The predicted molar refractivity (Wildman–Crippen MR) is 112 cm³/mol. The fraction of sp³-hybridized carbons (Fsp3) is 0.381. The predicted octanol–water partition coefficient (Wildman–Crippen LogP) is 1.03. The van der Waals surface area contributed by atoms with Gasteiger partial charge in [-0.1, -0.05) is 18.2 Å². The fourth-order valence-electron chi connectivity index (χ4n) is 3.57. The number of fused-ring (bicyclic) bond motifs is 1. The van der Waals surface area contributed by atoms with Crippen molar-refractivity contribution >= 4 is 33.3 Å². The molecule has 1 fully saturated rings. The monoisotopic (exact) mass is 397 g/mol. The SMILES string of the molecule is C[C@@H](c1nc2ccccc2s1)[NH+](C)CC(=O)N1CCN(c2cccc[nH+]2)CC1. The Kier molecular flexibility index (Phi) is 5.54. The summed E-state index contributed by atoms with van der Waals surface area (Å²) >= 11 is 1.73. The minimum atomic E-state index is 0.196. The molecule has 1 aromatic carbocycles. The molecule has 1 unspecified atom stereocenters. The zero-order valence-electron chi connectivity index (χ0n) is 16.4. The van der Waals surface area contributed by atoms with E-state index in [0.29, 0.717) is 6.54 Å². The van der Waals surface area contributed by atoms with Gasteiger partial charge < -0.3 is 9.80 Å². The highest BCUT2D eigenvalue weighted by Crippen LogP contribution is 2.24. The largest absolute Gasteiger partial charge is 0.330 e. The number of aromatic nitrogens is 2. The van der Waals surface area contributed by atoms with Crippen LogP contribution in [0.1, 0.15) is 18.0 Å². The maximum absolute atomic E-state index is 12.8. The summed E-state index contributed by atoms with van der Waals surface area (Å²) in [5.41, 5.74) is 1.04. The normalized spacial score (nSPS) is 16.9. The quantitative estimate of drug-likeness (QED) is 0.700. The number of benzene rings is 1. The number of rotatable bonds is 5. The lowest BCUT2D eigenvalue weighted by molar-refractivity contribution is -0.902. The van der Waals surface area contributed by atoms with Crippen molar-refractivity contribution < 1.29 is 14.7 Å². The number of anilines is 1. The van der Waals surface area contributed by atoms with Gasteiger partial charge in [-0.15, -0.1) is 11.3 Å². The van der Waals surface area contributed by atoms with E-state index in [2.05, 4.69) is 36.0 Å². The number of para-hydroxylation sites is 1. The maximum Gasteiger partial charge on any atom is 0.278 e. The van der Waals surface area contributed by atoms with Crippen LogP contribution in [0.4, 0.5) is 5.82 Å². The Balaban J connectivity index is 1.33. The van der Waals surface area contributed by atoms with Crippen LogP contribution in [-0.2, 0) is 4.79 Å². The van der Waals surface area contributed by atoms with E-state index in [1.807, 2.05) is 41.4 Å². The molecule has 0 spiro atoms. The highest BCUT2D eigenvalue weighted by Gasteiger charge is 2.29. The first-order valence-corrected chi connectivity index (χ1v) is 10.6. The number of likely N-dealkylation sites (N-methyl/N-ethyl adjacent to an activating group) is 1. The molecular formula is C21H27N5OS+2. The van der Waals surface area contributed by atoms with Crippen molar-refractivity contribution in [1.29, 1.82) is 0 Å². The summed E-state index contributed by atoms with van der Waals surface area (Å²) < 4.78 is 1.21. The van der Waals surface area contributed by atoms with Gasteiger partial charge in [0.05, 0.1) is 36.6 Å². The lowest BCUT2D eigenvalue weighted by atomic mass is 10.2. The van der Waals surface area contributed by atoms with E-state index in [1.54, 1.807) is 11.3 Å². The molecule has 1 aliphatic heterocycles. The number of hydrogen-bond acceptors (Lipinski definition) is 4. The molecule has 4 rings (SSSR count). The van der Waals surface area contributed by atoms with E-state index in [1.165, 1.54) is 9.60 Å². The summed E-state index contributed by atoms with van der Waals surface area (Å²) in [6, 6.07) is 14.5. The molecule has 146 valence electrons. The number of hydrogen-bond donors (Lipinski definition) is 1. The number of piperazine rings is 1. The highest BCUT2D eigenvalue weighted by molar-refractivity contribution is 7.18. The van der Waals surface area contributed by atoms with Gasteiger partial charge in [0, 0.05) is 6.07 Å². The van der Waals surface area contributed by atoms with Gasteiger partial charge in [-0.05, 0) is 25.1 Å². The van der Waals surface area contributed by atoms with Crippen LogP contribution in [0.5, 0.6) is 0 Å². The molecule has 0 saturated carbocycles. The Hall–Kier alpha value is -2.51. The van der Waals surface area contributed by atoms with Crippen LogP contribution in [0.15, 0.2) is 48.7 Å². The first-order chi connectivity index (χ1) is 13.6. The van der Waals surface area contributed by atoms with Gasteiger partial charge in [0.15, 0.2) is 11.6 Å². The molecule has 0 aliphatic carbocycles. The van der Waals surface area contributed by atoms with Crippen LogP contribution in [0.3, 0.4) is 0 Å². The van der Waals surface area contributed by atoms with Crippen LogP contribution in [-0.4, -0.2) is 55.6 Å². The van der Waals surface area contributed by atoms with E-state index in [-0.39, 0.29) is 11.9 Å². The number of quaternary nitrogens is 1. The molecule has 2 atom stereocenters. The summed E-state index contributed by atoms with van der Waals surface area (Å²) in [5.74, 6) is 1.34. The molecular weight excluding hydrogens is 370 g/mol. The second-order valence-electron chi connectivity index (χ2n) is 7.38. The number of nitrogens with zero attached hydrogens (tertiary/aromatic N) is 3. The van der Waals surface area contributed by atoms with Crippen molar-refractivity contribution in [1.82, 2.24) is 9.88 Å². The molecule has 1 amide bonds. The van der Waals surface area contributed by atoms with Gasteiger partial charge in [-0.25, -0.2) is 9.97 Å². The Morgan fingerprint density at radius 3 is 2.64 bits per heavy atom. The molecule has 6 nitrogen and oxygen atoms in total. The first kappa shape index (κ1) is 18.8. The summed E-state index contributed by atoms with van der Waals surface area (Å²) in [6.45, 7) is 5.91. The Labute approximate surface area is 169 Å². The van der Waals surface area contributed by atoms with Gasteiger partial charge in [0.25, 0.3) is 11.7 Å². The number of carbonyl (C=O) groups is 1. The van der Waals surface area contributed by atoms with Crippen LogP contribution in [0, 0.1) is 0 Å². The molecule has 28 heavy (non-hydrogen) atoms.